The van der Waals surface area contributed by atoms with E-state index in [1.54, 1.807) is 17.9 Å². The molecule has 0 radical (unpaired) electrons. The number of nitrogens with zero attached hydrogens (tertiary/aromatic N) is 2. The van der Waals surface area contributed by atoms with Gasteiger partial charge in [-0.15, -0.1) is 0 Å². The normalized spacial score (nSPS) is 10.6. The maximum absolute atomic E-state index is 13.2. The predicted octanol–water partition coefficient (Wildman–Crippen LogP) is 2.16. The van der Waals surface area contributed by atoms with E-state index in [9.17, 15) is 14.3 Å². The van der Waals surface area contributed by atoms with Crippen LogP contribution in [0.5, 0.6) is 5.75 Å². The number of aromatic hydroxyl groups is 1. The van der Waals surface area contributed by atoms with Gasteiger partial charge in [0.2, 0.25) is 0 Å². The van der Waals surface area contributed by atoms with E-state index >= 15 is 0 Å². The molecule has 7 heteroatoms. The zero-order valence-electron chi connectivity index (χ0n) is 10.9. The van der Waals surface area contributed by atoms with E-state index in [0.717, 1.165) is 23.4 Å². The first-order valence-electron chi connectivity index (χ1n) is 5.84. The van der Waals surface area contributed by atoms with Gasteiger partial charge in [0.05, 0.1) is 16.8 Å². The van der Waals surface area contributed by atoms with E-state index in [1.165, 1.54) is 0 Å². The minimum absolute atomic E-state index is 0.198. The van der Waals surface area contributed by atoms with Crippen LogP contribution in [0, 0.1) is 12.7 Å². The molecule has 0 spiro atoms. The average molecular weight is 298 g/mol. The SMILES string of the molecule is Cc1c(CNC(=O)c2cc(F)cc(Cl)c2O)cnn1C. The van der Waals surface area contributed by atoms with Crippen molar-refractivity contribution < 1.29 is 14.3 Å². The van der Waals surface area contributed by atoms with Crippen LogP contribution in [0.4, 0.5) is 4.39 Å². The van der Waals surface area contributed by atoms with Crippen molar-refractivity contribution in [1.29, 1.82) is 0 Å². The summed E-state index contributed by atoms with van der Waals surface area (Å²) in [5, 5.41) is 16.1. The molecule has 0 atom stereocenters. The minimum atomic E-state index is -0.685. The number of carbonyl (C=O) groups is 1. The number of hydrogen-bond donors (Lipinski definition) is 2. The Balaban J connectivity index is 2.15. The third-order valence-corrected chi connectivity index (χ3v) is 3.34. The van der Waals surface area contributed by atoms with Crippen molar-refractivity contribution in [2.75, 3.05) is 0 Å². The third-order valence-electron chi connectivity index (χ3n) is 3.05. The Morgan fingerprint density at radius 1 is 1.55 bits per heavy atom. The number of aryl methyl sites for hydroxylation is 1. The number of carbonyl (C=O) groups excluding carboxylic acids is 1. The predicted molar refractivity (Wildman–Crippen MR) is 72.2 cm³/mol. The monoisotopic (exact) mass is 297 g/mol. The Morgan fingerprint density at radius 2 is 2.25 bits per heavy atom. The molecule has 2 aromatic rings. The summed E-state index contributed by atoms with van der Waals surface area (Å²) in [5.41, 5.74) is 1.55. The molecule has 2 rings (SSSR count). The molecule has 1 aromatic carbocycles. The molecule has 0 aliphatic rings. The highest BCUT2D eigenvalue weighted by Crippen LogP contribution is 2.28. The average Bonchev–Trinajstić information content (AvgIpc) is 2.71. The zero-order chi connectivity index (χ0) is 14.9. The molecule has 1 amide bonds. The Labute approximate surface area is 120 Å². The van der Waals surface area contributed by atoms with Crippen molar-refractivity contribution in [3.8, 4) is 5.75 Å². The van der Waals surface area contributed by atoms with Crippen LogP contribution in [0.25, 0.3) is 0 Å². The fourth-order valence-corrected chi connectivity index (χ4v) is 1.93. The summed E-state index contributed by atoms with van der Waals surface area (Å²) in [5.74, 6) is -1.73. The first-order valence-corrected chi connectivity index (χ1v) is 6.21. The number of hydrogen-bond acceptors (Lipinski definition) is 3. The number of rotatable bonds is 3. The topological polar surface area (TPSA) is 67.2 Å². The van der Waals surface area contributed by atoms with Crippen molar-refractivity contribution in [3.05, 3.63) is 46.0 Å². The molecule has 1 heterocycles. The summed E-state index contributed by atoms with van der Waals surface area (Å²) in [6, 6.07) is 1.88. The lowest BCUT2D eigenvalue weighted by Crippen LogP contribution is -2.23. The summed E-state index contributed by atoms with van der Waals surface area (Å²) in [6.45, 7) is 2.09. The van der Waals surface area contributed by atoms with Crippen molar-refractivity contribution in [2.45, 2.75) is 13.5 Å². The van der Waals surface area contributed by atoms with Gasteiger partial charge in [0.15, 0.2) is 0 Å². The van der Waals surface area contributed by atoms with Crippen LogP contribution in [-0.2, 0) is 13.6 Å². The first kappa shape index (κ1) is 14.3. The van der Waals surface area contributed by atoms with Crippen molar-refractivity contribution in [1.82, 2.24) is 15.1 Å². The number of phenolic OH excluding ortho intramolecular Hbond substituents is 1. The Kier molecular flexibility index (Phi) is 3.94. The number of halogens is 2. The van der Waals surface area contributed by atoms with Crippen LogP contribution in [0.1, 0.15) is 21.6 Å². The molecule has 20 heavy (non-hydrogen) atoms. The second kappa shape index (κ2) is 5.50. The summed E-state index contributed by atoms with van der Waals surface area (Å²) >= 11 is 5.63. The van der Waals surface area contributed by atoms with Gasteiger partial charge in [-0.2, -0.15) is 5.10 Å². The van der Waals surface area contributed by atoms with Gasteiger partial charge in [0.1, 0.15) is 11.6 Å². The van der Waals surface area contributed by atoms with Gasteiger partial charge in [-0.1, -0.05) is 11.6 Å². The van der Waals surface area contributed by atoms with Gasteiger partial charge >= 0.3 is 0 Å². The molecule has 0 saturated heterocycles. The highest BCUT2D eigenvalue weighted by Gasteiger charge is 2.16. The second-order valence-electron chi connectivity index (χ2n) is 4.35. The van der Waals surface area contributed by atoms with Crippen LogP contribution in [-0.4, -0.2) is 20.8 Å². The molecule has 0 saturated carbocycles. The van der Waals surface area contributed by atoms with E-state index < -0.39 is 17.5 Å². The lowest BCUT2D eigenvalue weighted by Gasteiger charge is -2.08. The smallest absolute Gasteiger partial charge is 0.255 e. The quantitative estimate of drug-likeness (QED) is 0.912. The highest BCUT2D eigenvalue weighted by molar-refractivity contribution is 6.32. The molecule has 2 N–H and O–H groups in total. The molecular weight excluding hydrogens is 285 g/mol. The number of aromatic nitrogens is 2. The van der Waals surface area contributed by atoms with E-state index in [1.807, 2.05) is 6.92 Å². The Hall–Kier alpha value is -2.08. The lowest BCUT2D eigenvalue weighted by atomic mass is 10.1. The third kappa shape index (κ3) is 2.75. The van der Waals surface area contributed by atoms with Gasteiger partial charge < -0.3 is 10.4 Å². The van der Waals surface area contributed by atoms with E-state index in [0.29, 0.717) is 0 Å². The lowest BCUT2D eigenvalue weighted by molar-refractivity contribution is 0.0947. The van der Waals surface area contributed by atoms with Gasteiger partial charge in [-0.3, -0.25) is 9.48 Å². The largest absolute Gasteiger partial charge is 0.506 e. The van der Waals surface area contributed by atoms with Gasteiger partial charge in [0.25, 0.3) is 5.91 Å². The number of nitrogens with one attached hydrogen (secondary N) is 1. The Morgan fingerprint density at radius 3 is 2.85 bits per heavy atom. The summed E-state index contributed by atoms with van der Waals surface area (Å²) in [6.07, 6.45) is 1.63. The Bertz CT molecular complexity index is 670. The van der Waals surface area contributed by atoms with Crippen LogP contribution < -0.4 is 5.32 Å². The van der Waals surface area contributed by atoms with Crippen LogP contribution in [0.2, 0.25) is 5.02 Å². The maximum atomic E-state index is 13.2. The summed E-state index contributed by atoms with van der Waals surface area (Å²) in [4.78, 5) is 11.9. The molecule has 0 fully saturated rings. The number of phenols is 1. The zero-order valence-corrected chi connectivity index (χ0v) is 11.7. The highest BCUT2D eigenvalue weighted by atomic mass is 35.5. The standard InChI is InChI=1S/C13H13ClFN3O2/c1-7-8(6-17-18(7)2)5-16-13(20)10-3-9(15)4-11(14)12(10)19/h3-4,6,19H,5H2,1-2H3,(H,16,20). The molecule has 0 unspecified atom stereocenters. The fraction of sp³-hybridized carbons (Fsp3) is 0.231. The first-order chi connectivity index (χ1) is 9.40. The van der Waals surface area contributed by atoms with Gasteiger partial charge in [-0.25, -0.2) is 4.39 Å². The molecule has 5 nitrogen and oxygen atoms in total. The van der Waals surface area contributed by atoms with Crippen LogP contribution >= 0.6 is 11.6 Å². The molecular formula is C13H13ClFN3O2. The van der Waals surface area contributed by atoms with Crippen molar-refractivity contribution in [3.63, 3.8) is 0 Å². The summed E-state index contributed by atoms with van der Waals surface area (Å²) < 4.78 is 14.9. The maximum Gasteiger partial charge on any atom is 0.255 e. The van der Waals surface area contributed by atoms with E-state index in [2.05, 4.69) is 10.4 Å². The van der Waals surface area contributed by atoms with E-state index in [4.69, 9.17) is 11.6 Å². The molecule has 0 aliphatic heterocycles. The molecule has 0 aliphatic carbocycles. The van der Waals surface area contributed by atoms with E-state index in [-0.39, 0.29) is 17.1 Å². The molecule has 1 aromatic heterocycles. The van der Waals surface area contributed by atoms with Crippen molar-refractivity contribution >= 4 is 17.5 Å². The summed E-state index contributed by atoms with van der Waals surface area (Å²) in [7, 11) is 1.79. The van der Waals surface area contributed by atoms with Gasteiger partial charge in [-0.05, 0) is 19.1 Å². The number of benzene rings is 1. The molecule has 0 bridgehead atoms. The van der Waals surface area contributed by atoms with Crippen LogP contribution in [0.15, 0.2) is 18.3 Å². The number of amides is 1. The molecule has 106 valence electrons. The van der Waals surface area contributed by atoms with Crippen LogP contribution in [0.3, 0.4) is 0 Å². The van der Waals surface area contributed by atoms with Gasteiger partial charge in [0, 0.05) is 24.8 Å². The van der Waals surface area contributed by atoms with Crippen molar-refractivity contribution in [2.24, 2.45) is 7.05 Å². The minimum Gasteiger partial charge on any atom is -0.506 e. The second-order valence-corrected chi connectivity index (χ2v) is 4.75. The fourth-order valence-electron chi connectivity index (χ4n) is 1.73.